The van der Waals surface area contributed by atoms with Crippen molar-refractivity contribution in [2.45, 2.75) is 13.8 Å². The monoisotopic (exact) mass is 249 g/mol. The number of aromatic nitrogens is 1. The van der Waals surface area contributed by atoms with E-state index in [-0.39, 0.29) is 6.54 Å². The second-order valence-electron chi connectivity index (χ2n) is 3.67. The summed E-state index contributed by atoms with van der Waals surface area (Å²) in [6.07, 6.45) is 3.41. The Labute approximate surface area is 105 Å². The number of hydrogen-bond acceptors (Lipinski definition) is 5. The van der Waals surface area contributed by atoms with Crippen LogP contribution in [0.3, 0.4) is 0 Å². The second-order valence-corrected chi connectivity index (χ2v) is 3.67. The molecule has 1 aromatic heterocycles. The molecule has 0 atom stereocenters. The van der Waals surface area contributed by atoms with Gasteiger partial charge in [0, 0.05) is 6.20 Å². The predicted molar refractivity (Wildman–Crippen MR) is 66.6 cm³/mol. The molecule has 0 aromatic carbocycles. The number of methoxy groups -OCH3 is 1. The fourth-order valence-corrected chi connectivity index (χ4v) is 1.20. The molecule has 1 heterocycles. The molecule has 0 N–H and O–H groups in total. The average molecular weight is 249 g/mol. The van der Waals surface area contributed by atoms with Gasteiger partial charge in [-0.15, -0.1) is 0 Å². The van der Waals surface area contributed by atoms with Crippen molar-refractivity contribution in [3.63, 3.8) is 0 Å². The second kappa shape index (κ2) is 6.48. The zero-order chi connectivity index (χ0) is 13.5. The van der Waals surface area contributed by atoms with Crippen LogP contribution in [0, 0.1) is 13.8 Å². The third-order valence-electron chi connectivity index (χ3n) is 2.45. The number of esters is 1. The Kier molecular flexibility index (Phi) is 4.98. The van der Waals surface area contributed by atoms with E-state index >= 15 is 0 Å². The molecule has 0 fully saturated rings. The predicted octanol–water partition coefficient (Wildman–Crippen LogP) is 0.990. The first kappa shape index (κ1) is 13.8. The molecule has 0 saturated carbocycles. The smallest absolute Gasteiger partial charge is 0.325 e. The third kappa shape index (κ3) is 3.65. The van der Waals surface area contributed by atoms with E-state index in [0.29, 0.717) is 12.2 Å². The standard InChI is InChI=1S/C12H15N3O3/c1-9-4-5-13-12(10(9)2)14-7-15(8-16)6-11(17)18-3/h4-5,7-8H,6H2,1-3H3. The summed E-state index contributed by atoms with van der Waals surface area (Å²) < 4.78 is 4.46. The summed E-state index contributed by atoms with van der Waals surface area (Å²) in [7, 11) is 1.26. The molecule has 18 heavy (non-hydrogen) atoms. The number of rotatable bonds is 5. The van der Waals surface area contributed by atoms with Gasteiger partial charge in [0.05, 0.1) is 7.11 Å². The quantitative estimate of drug-likeness (QED) is 0.337. The van der Waals surface area contributed by atoms with Gasteiger partial charge >= 0.3 is 5.97 Å². The van der Waals surface area contributed by atoms with Crippen LogP contribution in [0.25, 0.3) is 0 Å². The van der Waals surface area contributed by atoms with Gasteiger partial charge in [0.2, 0.25) is 6.41 Å². The fraction of sp³-hybridized carbons (Fsp3) is 0.333. The summed E-state index contributed by atoms with van der Waals surface area (Å²) in [5.41, 5.74) is 1.99. The van der Waals surface area contributed by atoms with Crippen LogP contribution >= 0.6 is 0 Å². The van der Waals surface area contributed by atoms with Crippen molar-refractivity contribution in [2.75, 3.05) is 13.7 Å². The highest BCUT2D eigenvalue weighted by Gasteiger charge is 2.06. The molecule has 96 valence electrons. The van der Waals surface area contributed by atoms with Crippen molar-refractivity contribution in [3.8, 4) is 0 Å². The van der Waals surface area contributed by atoms with Gasteiger partial charge in [0.25, 0.3) is 0 Å². The summed E-state index contributed by atoms with van der Waals surface area (Å²) >= 11 is 0. The van der Waals surface area contributed by atoms with Crippen molar-refractivity contribution >= 4 is 24.5 Å². The summed E-state index contributed by atoms with van der Waals surface area (Å²) in [5, 5.41) is 0. The third-order valence-corrected chi connectivity index (χ3v) is 2.45. The maximum Gasteiger partial charge on any atom is 0.325 e. The Morgan fingerprint density at radius 2 is 2.28 bits per heavy atom. The molecule has 1 rings (SSSR count). The lowest BCUT2D eigenvalue weighted by Gasteiger charge is -2.09. The van der Waals surface area contributed by atoms with E-state index in [1.165, 1.54) is 13.4 Å². The molecule has 1 aromatic rings. The lowest BCUT2D eigenvalue weighted by Crippen LogP contribution is -2.28. The van der Waals surface area contributed by atoms with Crippen LogP contribution in [0.15, 0.2) is 17.3 Å². The first-order chi connectivity index (χ1) is 8.58. The van der Waals surface area contributed by atoms with Crippen molar-refractivity contribution in [1.29, 1.82) is 0 Å². The Morgan fingerprint density at radius 3 is 2.89 bits per heavy atom. The fourth-order valence-electron chi connectivity index (χ4n) is 1.20. The first-order valence-electron chi connectivity index (χ1n) is 5.32. The number of hydrogen-bond donors (Lipinski definition) is 0. The van der Waals surface area contributed by atoms with Gasteiger partial charge in [-0.2, -0.15) is 0 Å². The molecule has 0 saturated heterocycles. The molecule has 0 unspecified atom stereocenters. The van der Waals surface area contributed by atoms with E-state index in [2.05, 4.69) is 14.7 Å². The zero-order valence-electron chi connectivity index (χ0n) is 10.6. The van der Waals surface area contributed by atoms with Crippen LogP contribution < -0.4 is 0 Å². The van der Waals surface area contributed by atoms with E-state index in [0.717, 1.165) is 16.0 Å². The van der Waals surface area contributed by atoms with Crippen LogP contribution in [-0.2, 0) is 14.3 Å². The van der Waals surface area contributed by atoms with Crippen molar-refractivity contribution < 1.29 is 14.3 Å². The summed E-state index contributed by atoms with van der Waals surface area (Å²) in [6.45, 7) is 3.66. The number of carbonyl (C=O) groups is 2. The van der Waals surface area contributed by atoms with Gasteiger partial charge in [-0.1, -0.05) is 0 Å². The van der Waals surface area contributed by atoms with Gasteiger partial charge in [-0.3, -0.25) is 14.5 Å². The summed E-state index contributed by atoms with van der Waals surface area (Å²) in [6, 6.07) is 1.88. The van der Waals surface area contributed by atoms with E-state index in [1.54, 1.807) is 6.20 Å². The molecular weight excluding hydrogens is 234 g/mol. The molecule has 0 spiro atoms. The number of amides is 1. The number of nitrogens with zero attached hydrogens (tertiary/aromatic N) is 3. The average Bonchev–Trinajstić information content (AvgIpc) is 2.38. The highest BCUT2D eigenvalue weighted by Crippen LogP contribution is 2.17. The lowest BCUT2D eigenvalue weighted by molar-refractivity contribution is -0.142. The molecule has 0 aliphatic rings. The molecule has 6 heteroatoms. The number of aliphatic imine (C=N–C) groups is 1. The molecule has 6 nitrogen and oxygen atoms in total. The van der Waals surface area contributed by atoms with E-state index in [1.807, 2.05) is 19.9 Å². The highest BCUT2D eigenvalue weighted by molar-refractivity contribution is 5.82. The molecule has 1 amide bonds. The molecule has 0 bridgehead atoms. The van der Waals surface area contributed by atoms with Crippen molar-refractivity contribution in [3.05, 3.63) is 23.4 Å². The Morgan fingerprint density at radius 1 is 1.56 bits per heavy atom. The van der Waals surface area contributed by atoms with E-state index in [4.69, 9.17) is 0 Å². The maximum atomic E-state index is 11.0. The number of pyridine rings is 1. The zero-order valence-corrected chi connectivity index (χ0v) is 10.6. The van der Waals surface area contributed by atoms with Crippen LogP contribution in [-0.4, -0.2) is 42.3 Å². The Bertz CT molecular complexity index is 472. The van der Waals surface area contributed by atoms with E-state index in [9.17, 15) is 9.59 Å². The largest absolute Gasteiger partial charge is 0.468 e. The topological polar surface area (TPSA) is 71.9 Å². The van der Waals surface area contributed by atoms with Gasteiger partial charge in [0.1, 0.15) is 12.9 Å². The minimum absolute atomic E-state index is 0.172. The minimum atomic E-state index is -0.512. The van der Waals surface area contributed by atoms with Crippen LogP contribution in [0.5, 0.6) is 0 Å². The Hall–Kier alpha value is -2.24. The van der Waals surface area contributed by atoms with E-state index < -0.39 is 5.97 Å². The normalized spacial score (nSPS) is 10.4. The van der Waals surface area contributed by atoms with Crippen LogP contribution in [0.1, 0.15) is 11.1 Å². The Balaban J connectivity index is 2.80. The van der Waals surface area contributed by atoms with Gasteiger partial charge in [-0.05, 0) is 31.0 Å². The maximum absolute atomic E-state index is 11.0. The van der Waals surface area contributed by atoms with Gasteiger partial charge in [0.15, 0.2) is 5.82 Å². The molecule has 0 radical (unpaired) electrons. The lowest BCUT2D eigenvalue weighted by atomic mass is 10.2. The minimum Gasteiger partial charge on any atom is -0.468 e. The van der Waals surface area contributed by atoms with Crippen LogP contribution in [0.4, 0.5) is 5.82 Å². The van der Waals surface area contributed by atoms with Crippen molar-refractivity contribution in [2.24, 2.45) is 4.99 Å². The highest BCUT2D eigenvalue weighted by atomic mass is 16.5. The molecular formula is C12H15N3O3. The number of carbonyl (C=O) groups excluding carboxylic acids is 2. The summed E-state index contributed by atoms with van der Waals surface area (Å²) in [4.78, 5) is 31.0. The summed E-state index contributed by atoms with van der Waals surface area (Å²) in [5.74, 6) is 0.00851. The van der Waals surface area contributed by atoms with Gasteiger partial charge in [-0.25, -0.2) is 9.98 Å². The van der Waals surface area contributed by atoms with Crippen molar-refractivity contribution in [1.82, 2.24) is 9.88 Å². The first-order valence-corrected chi connectivity index (χ1v) is 5.32. The van der Waals surface area contributed by atoms with Gasteiger partial charge < -0.3 is 4.74 Å². The number of aryl methyl sites for hydroxylation is 1. The molecule has 0 aliphatic carbocycles. The van der Waals surface area contributed by atoms with Crippen LogP contribution in [0.2, 0.25) is 0 Å². The molecule has 0 aliphatic heterocycles. The number of ether oxygens (including phenoxy) is 1. The SMILES string of the molecule is COC(=O)CN(C=O)C=Nc1nccc(C)c1C.